The van der Waals surface area contributed by atoms with Crippen LogP contribution in [0.5, 0.6) is 0 Å². The average molecular weight is 408 g/mol. The summed E-state index contributed by atoms with van der Waals surface area (Å²) in [5, 5.41) is 5.52. The lowest BCUT2D eigenvalue weighted by molar-refractivity contribution is -0.123. The van der Waals surface area contributed by atoms with E-state index in [1.807, 2.05) is 18.2 Å². The third-order valence-corrected chi connectivity index (χ3v) is 4.87. The molecule has 0 saturated heterocycles. The minimum Gasteiger partial charge on any atom is -0.449 e. The molecule has 8 nitrogen and oxygen atoms in total. The molecule has 3 aromatic rings. The molecule has 1 atom stereocenters. The van der Waals surface area contributed by atoms with Crippen molar-refractivity contribution in [1.82, 2.24) is 9.36 Å². The van der Waals surface area contributed by atoms with Crippen LogP contribution in [-0.2, 0) is 16.6 Å². The zero-order valence-electron chi connectivity index (χ0n) is 17.3. The van der Waals surface area contributed by atoms with Gasteiger partial charge in [-0.1, -0.05) is 30.3 Å². The molecule has 2 aromatic carbocycles. The number of amides is 1. The Kier molecular flexibility index (Phi) is 6.06. The van der Waals surface area contributed by atoms with E-state index in [1.54, 1.807) is 62.1 Å². The number of nitrogens with zero attached hydrogens (tertiary/aromatic N) is 2. The Morgan fingerprint density at radius 1 is 1.03 bits per heavy atom. The molecule has 2 N–H and O–H groups in total. The normalized spacial score (nSPS) is 11.6. The first-order valence-electron chi connectivity index (χ1n) is 9.47. The van der Waals surface area contributed by atoms with Crippen LogP contribution in [0.15, 0.2) is 59.4 Å². The van der Waals surface area contributed by atoms with Crippen LogP contribution in [-0.4, -0.2) is 34.4 Å². The van der Waals surface area contributed by atoms with Gasteiger partial charge in [0.2, 0.25) is 0 Å². The van der Waals surface area contributed by atoms with Crippen molar-refractivity contribution in [2.75, 3.05) is 17.7 Å². The number of esters is 1. The van der Waals surface area contributed by atoms with E-state index in [4.69, 9.17) is 4.74 Å². The number of para-hydroxylation sites is 2. The van der Waals surface area contributed by atoms with E-state index in [-0.39, 0.29) is 11.2 Å². The van der Waals surface area contributed by atoms with Gasteiger partial charge in [0.1, 0.15) is 5.69 Å². The van der Waals surface area contributed by atoms with Crippen LogP contribution in [0.25, 0.3) is 5.69 Å². The summed E-state index contributed by atoms with van der Waals surface area (Å²) in [4.78, 5) is 38.0. The SMILES string of the molecule is CNc1ccccc1C(=O)OC(C)C(=O)Nc1c(C)n(C)n(-c2ccccc2)c1=O. The monoisotopic (exact) mass is 408 g/mol. The van der Waals surface area contributed by atoms with Gasteiger partial charge in [-0.2, -0.15) is 0 Å². The lowest BCUT2D eigenvalue weighted by atomic mass is 10.2. The fourth-order valence-electron chi connectivity index (χ4n) is 3.09. The first-order chi connectivity index (χ1) is 14.3. The molecule has 0 aliphatic rings. The Bertz CT molecular complexity index is 1130. The van der Waals surface area contributed by atoms with Gasteiger partial charge in [-0.25, -0.2) is 9.48 Å². The number of rotatable bonds is 6. The minimum absolute atomic E-state index is 0.143. The van der Waals surface area contributed by atoms with Gasteiger partial charge in [0.15, 0.2) is 6.10 Å². The molecule has 0 saturated carbocycles. The zero-order chi connectivity index (χ0) is 21.8. The highest BCUT2D eigenvalue weighted by Crippen LogP contribution is 2.17. The van der Waals surface area contributed by atoms with Crippen LogP contribution in [0.3, 0.4) is 0 Å². The maximum atomic E-state index is 12.9. The number of anilines is 2. The van der Waals surface area contributed by atoms with E-state index in [2.05, 4.69) is 10.6 Å². The summed E-state index contributed by atoms with van der Waals surface area (Å²) in [6.07, 6.45) is -1.09. The molecule has 1 heterocycles. The third kappa shape index (κ3) is 3.98. The van der Waals surface area contributed by atoms with Crippen molar-refractivity contribution in [1.29, 1.82) is 0 Å². The van der Waals surface area contributed by atoms with E-state index in [0.29, 0.717) is 22.6 Å². The first-order valence-corrected chi connectivity index (χ1v) is 9.47. The van der Waals surface area contributed by atoms with Crippen molar-refractivity contribution in [2.24, 2.45) is 7.05 Å². The van der Waals surface area contributed by atoms with Gasteiger partial charge in [-0.3, -0.25) is 14.3 Å². The van der Waals surface area contributed by atoms with Gasteiger partial charge < -0.3 is 15.4 Å². The van der Waals surface area contributed by atoms with Gasteiger partial charge >= 0.3 is 5.97 Å². The summed E-state index contributed by atoms with van der Waals surface area (Å²) in [5.74, 6) is -1.22. The molecule has 0 aliphatic heterocycles. The van der Waals surface area contributed by atoms with Crippen LogP contribution in [0.4, 0.5) is 11.4 Å². The first kappa shape index (κ1) is 20.9. The molecular weight excluding hydrogens is 384 g/mol. The van der Waals surface area contributed by atoms with Gasteiger partial charge in [-0.05, 0) is 38.1 Å². The molecule has 0 spiro atoms. The van der Waals surface area contributed by atoms with Gasteiger partial charge in [-0.15, -0.1) is 0 Å². The third-order valence-electron chi connectivity index (χ3n) is 4.87. The second-order valence-electron chi connectivity index (χ2n) is 6.77. The van der Waals surface area contributed by atoms with Crippen molar-refractivity contribution in [3.63, 3.8) is 0 Å². The molecule has 0 bridgehead atoms. The molecule has 0 radical (unpaired) electrons. The average Bonchev–Trinajstić information content (AvgIpc) is 2.97. The van der Waals surface area contributed by atoms with Crippen molar-refractivity contribution < 1.29 is 14.3 Å². The second kappa shape index (κ2) is 8.69. The Labute approximate surface area is 174 Å². The van der Waals surface area contributed by atoms with Crippen LogP contribution in [0.2, 0.25) is 0 Å². The Hall–Kier alpha value is -3.81. The summed E-state index contributed by atoms with van der Waals surface area (Å²) < 4.78 is 8.43. The maximum Gasteiger partial charge on any atom is 0.341 e. The number of ether oxygens (including phenoxy) is 1. The van der Waals surface area contributed by atoms with E-state index in [9.17, 15) is 14.4 Å². The molecule has 1 unspecified atom stereocenters. The number of hydrogen-bond acceptors (Lipinski definition) is 5. The van der Waals surface area contributed by atoms with Crippen molar-refractivity contribution in [2.45, 2.75) is 20.0 Å². The van der Waals surface area contributed by atoms with E-state index < -0.39 is 18.0 Å². The lowest BCUT2D eigenvalue weighted by Gasteiger charge is -2.14. The molecule has 0 fully saturated rings. The second-order valence-corrected chi connectivity index (χ2v) is 6.77. The van der Waals surface area contributed by atoms with Gasteiger partial charge in [0.25, 0.3) is 11.5 Å². The highest BCUT2D eigenvalue weighted by atomic mass is 16.5. The highest BCUT2D eigenvalue weighted by Gasteiger charge is 2.24. The highest BCUT2D eigenvalue weighted by molar-refractivity contribution is 5.99. The number of carbonyl (C=O) groups is 2. The van der Waals surface area contributed by atoms with Crippen molar-refractivity contribution in [3.8, 4) is 5.69 Å². The largest absolute Gasteiger partial charge is 0.449 e. The Balaban J connectivity index is 1.79. The quantitative estimate of drug-likeness (QED) is 0.612. The zero-order valence-corrected chi connectivity index (χ0v) is 17.3. The maximum absolute atomic E-state index is 12.9. The standard InChI is InChI=1S/C22H24N4O4/c1-14-19(21(28)26(25(14)4)16-10-6-5-7-11-16)24-20(27)15(2)30-22(29)17-12-8-9-13-18(17)23-3/h5-13,15,23H,1-4H3,(H,24,27). The topological polar surface area (TPSA) is 94.4 Å². The smallest absolute Gasteiger partial charge is 0.341 e. The lowest BCUT2D eigenvalue weighted by Crippen LogP contribution is -2.32. The molecule has 3 rings (SSSR count). The minimum atomic E-state index is -1.09. The van der Waals surface area contributed by atoms with Gasteiger partial charge in [0, 0.05) is 19.8 Å². The molecule has 156 valence electrons. The summed E-state index contributed by atoms with van der Waals surface area (Å²) in [6.45, 7) is 3.19. The predicted molar refractivity (Wildman–Crippen MR) is 115 cm³/mol. The van der Waals surface area contributed by atoms with Crippen LogP contribution in [0, 0.1) is 6.92 Å². The van der Waals surface area contributed by atoms with E-state index >= 15 is 0 Å². The fourth-order valence-corrected chi connectivity index (χ4v) is 3.09. The van der Waals surface area contributed by atoms with Crippen molar-refractivity contribution >= 4 is 23.3 Å². The number of hydrogen-bond donors (Lipinski definition) is 2. The Morgan fingerprint density at radius 2 is 1.67 bits per heavy atom. The van der Waals surface area contributed by atoms with E-state index in [1.165, 1.54) is 11.6 Å². The van der Waals surface area contributed by atoms with Crippen LogP contribution in [0.1, 0.15) is 23.0 Å². The number of benzene rings is 2. The van der Waals surface area contributed by atoms with E-state index in [0.717, 1.165) is 0 Å². The Morgan fingerprint density at radius 3 is 2.33 bits per heavy atom. The summed E-state index contributed by atoms with van der Waals surface area (Å²) in [6, 6.07) is 16.0. The molecule has 8 heteroatoms. The van der Waals surface area contributed by atoms with Crippen LogP contribution >= 0.6 is 0 Å². The molecular formula is C22H24N4O4. The summed E-state index contributed by atoms with van der Waals surface area (Å²) in [5.41, 5.74) is 1.95. The van der Waals surface area contributed by atoms with Crippen molar-refractivity contribution in [3.05, 3.63) is 76.2 Å². The number of aromatic nitrogens is 2. The molecule has 1 aromatic heterocycles. The predicted octanol–water partition coefficient (Wildman–Crippen LogP) is 2.71. The number of nitrogens with one attached hydrogen (secondary N) is 2. The summed E-state index contributed by atoms with van der Waals surface area (Å²) >= 11 is 0. The fraction of sp³-hybridized carbons (Fsp3) is 0.227. The van der Waals surface area contributed by atoms with Gasteiger partial charge in [0.05, 0.1) is 16.9 Å². The summed E-state index contributed by atoms with van der Waals surface area (Å²) in [7, 11) is 3.43. The van der Waals surface area contributed by atoms with Crippen LogP contribution < -0.4 is 16.2 Å². The number of carbonyl (C=O) groups excluding carboxylic acids is 2. The molecule has 1 amide bonds. The molecule has 0 aliphatic carbocycles. The molecule has 30 heavy (non-hydrogen) atoms.